The quantitative estimate of drug-likeness (QED) is 0.842. The van der Waals surface area contributed by atoms with Crippen molar-refractivity contribution in [1.82, 2.24) is 0 Å². The first kappa shape index (κ1) is 13.3. The molecule has 0 unspecified atom stereocenters. The first-order valence-electron chi connectivity index (χ1n) is 5.61. The number of methoxy groups -OCH3 is 1. The summed E-state index contributed by atoms with van der Waals surface area (Å²) in [5.74, 6) is 0.290. The molecule has 0 saturated carbocycles. The van der Waals surface area contributed by atoms with E-state index in [1.807, 2.05) is 0 Å². The van der Waals surface area contributed by atoms with Crippen LogP contribution in [0.2, 0.25) is 0 Å². The number of ether oxygens (including phenoxy) is 1. The topological polar surface area (TPSA) is 47.3 Å². The Morgan fingerprint density at radius 3 is 2.58 bits per heavy atom. The zero-order valence-corrected chi connectivity index (χ0v) is 11.1. The molecule has 0 aliphatic carbocycles. The van der Waals surface area contributed by atoms with E-state index in [0.717, 1.165) is 0 Å². The van der Waals surface area contributed by atoms with Gasteiger partial charge in [0, 0.05) is 11.6 Å². The largest absolute Gasteiger partial charge is 0.497 e. The highest BCUT2D eigenvalue weighted by Crippen LogP contribution is 2.27. The molecule has 98 valence electrons. The monoisotopic (exact) mass is 276 g/mol. The Labute approximate surface area is 116 Å². The minimum atomic E-state index is -0.348. The van der Waals surface area contributed by atoms with Crippen LogP contribution in [-0.2, 0) is 0 Å². The third kappa shape index (κ3) is 3.00. The number of rotatable bonds is 4. The summed E-state index contributed by atoms with van der Waals surface area (Å²) in [6.45, 7) is 0. The fourth-order valence-corrected chi connectivity index (χ4v) is 1.85. The minimum Gasteiger partial charge on any atom is -0.497 e. The predicted octanol–water partition coefficient (Wildman–Crippen LogP) is 3.21. The van der Waals surface area contributed by atoms with Crippen molar-refractivity contribution in [1.29, 1.82) is 0 Å². The average Bonchev–Trinajstić information content (AvgIpc) is 2.41. The van der Waals surface area contributed by atoms with Crippen LogP contribution >= 0.6 is 12.2 Å². The van der Waals surface area contributed by atoms with Gasteiger partial charge in [0.1, 0.15) is 16.6 Å². The minimum absolute atomic E-state index is 0.237. The summed E-state index contributed by atoms with van der Waals surface area (Å²) in [6.07, 6.45) is 0. The van der Waals surface area contributed by atoms with Gasteiger partial charge in [0.05, 0.1) is 18.5 Å². The van der Waals surface area contributed by atoms with Crippen molar-refractivity contribution < 1.29 is 9.13 Å². The summed E-state index contributed by atoms with van der Waals surface area (Å²) in [7, 11) is 1.56. The van der Waals surface area contributed by atoms with Crippen LogP contribution in [0.15, 0.2) is 42.5 Å². The molecule has 0 atom stereocenters. The molecule has 2 aromatic carbocycles. The van der Waals surface area contributed by atoms with Crippen LogP contribution in [0, 0.1) is 5.82 Å². The molecular weight excluding hydrogens is 263 g/mol. The van der Waals surface area contributed by atoms with E-state index in [1.54, 1.807) is 43.5 Å². The summed E-state index contributed by atoms with van der Waals surface area (Å²) in [5, 5.41) is 2.97. The van der Waals surface area contributed by atoms with Crippen molar-refractivity contribution in [3.8, 4) is 5.75 Å². The van der Waals surface area contributed by atoms with Gasteiger partial charge in [0.15, 0.2) is 0 Å². The lowest BCUT2D eigenvalue weighted by Gasteiger charge is -2.13. The number of halogens is 1. The number of anilines is 2. The van der Waals surface area contributed by atoms with E-state index >= 15 is 0 Å². The van der Waals surface area contributed by atoms with Gasteiger partial charge in [-0.25, -0.2) is 4.39 Å². The Balaban J connectivity index is 2.43. The summed E-state index contributed by atoms with van der Waals surface area (Å²) in [6, 6.07) is 11.6. The Morgan fingerprint density at radius 2 is 1.95 bits per heavy atom. The predicted molar refractivity (Wildman–Crippen MR) is 78.6 cm³/mol. The summed E-state index contributed by atoms with van der Waals surface area (Å²) < 4.78 is 18.8. The standard InChI is InChI=1S/C14H13FN2OS/c1-18-9-6-7-10(14(16)19)13(8-9)17-12-5-3-2-4-11(12)15/h2-8,17H,1H3,(H2,16,19). The van der Waals surface area contributed by atoms with E-state index in [-0.39, 0.29) is 10.8 Å². The van der Waals surface area contributed by atoms with Gasteiger partial charge < -0.3 is 15.8 Å². The van der Waals surface area contributed by atoms with E-state index < -0.39 is 0 Å². The molecule has 0 fully saturated rings. The molecule has 0 aliphatic heterocycles. The lowest BCUT2D eigenvalue weighted by Crippen LogP contribution is -2.12. The lowest BCUT2D eigenvalue weighted by molar-refractivity contribution is 0.415. The Morgan fingerprint density at radius 1 is 1.21 bits per heavy atom. The molecule has 0 radical (unpaired) electrons. The molecule has 19 heavy (non-hydrogen) atoms. The van der Waals surface area contributed by atoms with Crippen molar-refractivity contribution in [3.05, 3.63) is 53.8 Å². The van der Waals surface area contributed by atoms with Crippen LogP contribution in [0.25, 0.3) is 0 Å². The number of hydrogen-bond acceptors (Lipinski definition) is 3. The van der Waals surface area contributed by atoms with Crippen molar-refractivity contribution in [2.24, 2.45) is 5.73 Å². The van der Waals surface area contributed by atoms with Crippen LogP contribution < -0.4 is 15.8 Å². The van der Waals surface area contributed by atoms with Crippen molar-refractivity contribution >= 4 is 28.6 Å². The molecule has 0 heterocycles. The fourth-order valence-electron chi connectivity index (χ4n) is 1.68. The highest BCUT2D eigenvalue weighted by molar-refractivity contribution is 7.80. The zero-order chi connectivity index (χ0) is 13.8. The molecule has 0 aromatic heterocycles. The number of nitrogens with one attached hydrogen (secondary N) is 1. The maximum atomic E-state index is 13.6. The van der Waals surface area contributed by atoms with Crippen molar-refractivity contribution in [3.63, 3.8) is 0 Å². The normalized spacial score (nSPS) is 10.0. The van der Waals surface area contributed by atoms with Gasteiger partial charge in [0.2, 0.25) is 0 Å². The second kappa shape index (κ2) is 5.67. The molecule has 3 N–H and O–H groups in total. The molecule has 0 amide bonds. The molecule has 0 spiro atoms. The molecule has 2 rings (SSSR count). The second-order valence-corrected chi connectivity index (χ2v) is 4.32. The number of benzene rings is 2. The third-order valence-electron chi connectivity index (χ3n) is 2.64. The molecule has 3 nitrogen and oxygen atoms in total. The van der Waals surface area contributed by atoms with Crippen LogP contribution in [0.3, 0.4) is 0 Å². The molecule has 0 saturated heterocycles. The summed E-state index contributed by atoms with van der Waals surface area (Å²) >= 11 is 4.98. The Hall–Kier alpha value is -2.14. The van der Waals surface area contributed by atoms with Gasteiger partial charge in [-0.3, -0.25) is 0 Å². The van der Waals surface area contributed by atoms with Crippen LogP contribution in [0.5, 0.6) is 5.75 Å². The van der Waals surface area contributed by atoms with Gasteiger partial charge >= 0.3 is 0 Å². The average molecular weight is 276 g/mol. The number of hydrogen-bond donors (Lipinski definition) is 2. The van der Waals surface area contributed by atoms with Gasteiger partial charge in [0.25, 0.3) is 0 Å². The summed E-state index contributed by atoms with van der Waals surface area (Å²) in [4.78, 5) is 0.237. The van der Waals surface area contributed by atoms with Crippen LogP contribution in [0.1, 0.15) is 5.56 Å². The zero-order valence-electron chi connectivity index (χ0n) is 10.3. The maximum Gasteiger partial charge on any atom is 0.146 e. The first-order chi connectivity index (χ1) is 9.11. The van der Waals surface area contributed by atoms with E-state index in [2.05, 4.69) is 5.32 Å². The van der Waals surface area contributed by atoms with Gasteiger partial charge in [-0.15, -0.1) is 0 Å². The van der Waals surface area contributed by atoms with E-state index in [1.165, 1.54) is 6.07 Å². The number of nitrogens with two attached hydrogens (primary N) is 1. The Kier molecular flexibility index (Phi) is 3.97. The third-order valence-corrected chi connectivity index (χ3v) is 2.86. The molecule has 5 heteroatoms. The molecule has 2 aromatic rings. The van der Waals surface area contributed by atoms with E-state index in [9.17, 15) is 4.39 Å². The van der Waals surface area contributed by atoms with Crippen molar-refractivity contribution in [2.75, 3.05) is 12.4 Å². The summed E-state index contributed by atoms with van der Waals surface area (Å²) in [5.41, 5.74) is 7.26. The highest BCUT2D eigenvalue weighted by Gasteiger charge is 2.09. The number of para-hydroxylation sites is 1. The fraction of sp³-hybridized carbons (Fsp3) is 0.0714. The highest BCUT2D eigenvalue weighted by atomic mass is 32.1. The smallest absolute Gasteiger partial charge is 0.146 e. The van der Waals surface area contributed by atoms with Gasteiger partial charge in [-0.05, 0) is 24.3 Å². The number of thiocarbonyl (C=S) groups is 1. The van der Waals surface area contributed by atoms with Crippen molar-refractivity contribution in [2.45, 2.75) is 0 Å². The van der Waals surface area contributed by atoms with Gasteiger partial charge in [-0.2, -0.15) is 0 Å². The maximum absolute atomic E-state index is 13.6. The van der Waals surface area contributed by atoms with E-state index in [4.69, 9.17) is 22.7 Å². The Bertz CT molecular complexity index is 616. The van der Waals surface area contributed by atoms with Crippen LogP contribution in [-0.4, -0.2) is 12.1 Å². The first-order valence-corrected chi connectivity index (χ1v) is 6.02. The molecule has 0 bridgehead atoms. The van der Waals surface area contributed by atoms with Gasteiger partial charge in [-0.1, -0.05) is 24.4 Å². The van der Waals surface area contributed by atoms with E-state index in [0.29, 0.717) is 22.7 Å². The lowest BCUT2D eigenvalue weighted by atomic mass is 10.1. The second-order valence-electron chi connectivity index (χ2n) is 3.88. The molecular formula is C14H13FN2OS. The molecule has 0 aliphatic rings. The van der Waals surface area contributed by atoms with Crippen LogP contribution in [0.4, 0.5) is 15.8 Å². The SMILES string of the molecule is COc1ccc(C(N)=S)c(Nc2ccccc2F)c1.